The van der Waals surface area contributed by atoms with E-state index in [1.807, 2.05) is 11.8 Å². The van der Waals surface area contributed by atoms with E-state index in [1.165, 1.54) is 16.8 Å². The Balaban J connectivity index is 1.49. The molecule has 2 aliphatic rings. The van der Waals surface area contributed by atoms with Gasteiger partial charge in [0, 0.05) is 37.3 Å². The van der Waals surface area contributed by atoms with Crippen molar-refractivity contribution in [1.29, 1.82) is 0 Å². The first-order valence-corrected chi connectivity index (χ1v) is 10.8. The summed E-state index contributed by atoms with van der Waals surface area (Å²) in [4.78, 5) is 15.2. The van der Waals surface area contributed by atoms with E-state index >= 15 is 0 Å². The summed E-state index contributed by atoms with van der Waals surface area (Å²) in [6.07, 6.45) is 6.16. The van der Waals surface area contributed by atoms with E-state index in [0.717, 1.165) is 12.1 Å². The third-order valence-corrected chi connectivity index (χ3v) is 6.33. The molecular formula is C22H18F4N8. The SMILES string of the molecule is CCC1c2nncn2-c2cnc(-n3ccnc3-c3ccc(F)cc3F)nc2N1C1CC(F)(F)C1. The van der Waals surface area contributed by atoms with Gasteiger partial charge in [0.25, 0.3) is 5.92 Å². The summed E-state index contributed by atoms with van der Waals surface area (Å²) >= 11 is 0. The minimum absolute atomic E-state index is 0.0794. The molecule has 1 aliphatic carbocycles. The van der Waals surface area contributed by atoms with Crippen molar-refractivity contribution >= 4 is 5.82 Å². The zero-order chi connectivity index (χ0) is 23.6. The number of rotatable bonds is 4. The molecule has 1 atom stereocenters. The molecule has 0 N–H and O–H groups in total. The van der Waals surface area contributed by atoms with Crippen LogP contribution in [0.1, 0.15) is 38.1 Å². The van der Waals surface area contributed by atoms with Crippen molar-refractivity contribution in [3.63, 3.8) is 0 Å². The Kier molecular flexibility index (Phi) is 4.48. The van der Waals surface area contributed by atoms with Gasteiger partial charge in [-0.15, -0.1) is 10.2 Å². The molecule has 174 valence electrons. The quantitative estimate of drug-likeness (QED) is 0.415. The highest BCUT2D eigenvalue weighted by atomic mass is 19.3. The van der Waals surface area contributed by atoms with Crippen LogP contribution in [-0.2, 0) is 0 Å². The molecule has 6 rings (SSSR count). The van der Waals surface area contributed by atoms with Crippen LogP contribution in [0.2, 0.25) is 0 Å². The molecule has 12 heteroatoms. The van der Waals surface area contributed by atoms with Crippen LogP contribution in [0.3, 0.4) is 0 Å². The van der Waals surface area contributed by atoms with E-state index in [9.17, 15) is 17.6 Å². The molecule has 3 aromatic heterocycles. The lowest BCUT2D eigenvalue weighted by Gasteiger charge is -2.48. The molecule has 34 heavy (non-hydrogen) atoms. The standard InChI is InChI=1S/C22H18F4N8/c1-2-16-20-31-29-11-33(20)17-10-28-21(30-19(17)34(16)13-8-22(25,26)9-13)32-6-5-27-18(32)14-4-3-12(23)7-15(14)24/h3-7,10-11,13,16H,2,8-9H2,1H3. The number of alkyl halides is 2. The maximum atomic E-state index is 14.5. The molecule has 0 saturated heterocycles. The topological polar surface area (TPSA) is 77.5 Å². The number of aromatic nitrogens is 7. The largest absolute Gasteiger partial charge is 0.341 e. The maximum Gasteiger partial charge on any atom is 0.252 e. The number of imidazole rings is 1. The molecule has 1 aliphatic heterocycles. The van der Waals surface area contributed by atoms with Gasteiger partial charge in [-0.3, -0.25) is 9.13 Å². The summed E-state index contributed by atoms with van der Waals surface area (Å²) in [5.74, 6) is -2.73. The molecule has 4 heterocycles. The van der Waals surface area contributed by atoms with Gasteiger partial charge in [-0.1, -0.05) is 6.92 Å². The van der Waals surface area contributed by atoms with Crippen molar-refractivity contribution in [3.8, 4) is 23.0 Å². The highest BCUT2D eigenvalue weighted by Crippen LogP contribution is 2.48. The minimum Gasteiger partial charge on any atom is -0.341 e. The number of hydrogen-bond donors (Lipinski definition) is 0. The molecule has 0 radical (unpaired) electrons. The van der Waals surface area contributed by atoms with Gasteiger partial charge in [0.05, 0.1) is 17.8 Å². The molecule has 1 saturated carbocycles. The Morgan fingerprint density at radius 2 is 1.94 bits per heavy atom. The Bertz CT molecular complexity index is 1390. The van der Waals surface area contributed by atoms with Gasteiger partial charge < -0.3 is 4.90 Å². The Morgan fingerprint density at radius 3 is 2.68 bits per heavy atom. The molecule has 0 bridgehead atoms. The van der Waals surface area contributed by atoms with Gasteiger partial charge in [-0.05, 0) is 18.6 Å². The number of anilines is 1. The van der Waals surface area contributed by atoms with Gasteiger partial charge >= 0.3 is 0 Å². The van der Waals surface area contributed by atoms with Crippen LogP contribution in [-0.4, -0.2) is 46.2 Å². The van der Waals surface area contributed by atoms with E-state index in [2.05, 4.69) is 20.2 Å². The van der Waals surface area contributed by atoms with Gasteiger partial charge in [0.15, 0.2) is 11.6 Å². The van der Waals surface area contributed by atoms with E-state index in [4.69, 9.17) is 4.98 Å². The molecule has 0 amide bonds. The number of fused-ring (bicyclic) bond motifs is 3. The smallest absolute Gasteiger partial charge is 0.252 e. The highest BCUT2D eigenvalue weighted by molar-refractivity contribution is 5.64. The number of benzene rings is 1. The van der Waals surface area contributed by atoms with E-state index in [0.29, 0.717) is 23.8 Å². The fourth-order valence-corrected chi connectivity index (χ4v) is 4.73. The number of nitrogens with zero attached hydrogens (tertiary/aromatic N) is 8. The second kappa shape index (κ2) is 7.34. The van der Waals surface area contributed by atoms with E-state index in [1.54, 1.807) is 23.3 Å². The van der Waals surface area contributed by atoms with Gasteiger partial charge in [0.1, 0.15) is 29.5 Å². The first-order chi connectivity index (χ1) is 16.4. The summed E-state index contributed by atoms with van der Waals surface area (Å²) in [5.41, 5.74) is 0.647. The predicted molar refractivity (Wildman–Crippen MR) is 113 cm³/mol. The Hall–Kier alpha value is -3.83. The summed E-state index contributed by atoms with van der Waals surface area (Å²) in [7, 11) is 0. The lowest BCUT2D eigenvalue weighted by atomic mass is 9.85. The van der Waals surface area contributed by atoms with E-state index < -0.39 is 23.6 Å². The third-order valence-electron chi connectivity index (χ3n) is 6.33. The second-order valence-electron chi connectivity index (χ2n) is 8.43. The van der Waals surface area contributed by atoms with Crippen LogP contribution < -0.4 is 4.90 Å². The first kappa shape index (κ1) is 20.8. The predicted octanol–water partition coefficient (Wildman–Crippen LogP) is 4.26. The lowest BCUT2D eigenvalue weighted by Crippen LogP contribution is -2.54. The zero-order valence-electron chi connectivity index (χ0n) is 17.9. The van der Waals surface area contributed by atoms with Crippen LogP contribution in [0, 0.1) is 11.6 Å². The summed E-state index contributed by atoms with van der Waals surface area (Å²) in [6, 6.07) is 2.49. The normalized spacial score (nSPS) is 19.0. The molecular weight excluding hydrogens is 452 g/mol. The fraction of sp³-hybridized carbons (Fsp3) is 0.318. The van der Waals surface area contributed by atoms with Crippen LogP contribution >= 0.6 is 0 Å². The van der Waals surface area contributed by atoms with Crippen molar-refractivity contribution in [1.82, 2.24) is 34.3 Å². The average molecular weight is 470 g/mol. The first-order valence-electron chi connectivity index (χ1n) is 10.8. The molecule has 4 aromatic rings. The molecule has 1 aromatic carbocycles. The van der Waals surface area contributed by atoms with Crippen LogP contribution in [0.5, 0.6) is 0 Å². The van der Waals surface area contributed by atoms with Crippen molar-refractivity contribution in [2.24, 2.45) is 0 Å². The van der Waals surface area contributed by atoms with E-state index in [-0.39, 0.29) is 36.2 Å². The Morgan fingerprint density at radius 1 is 1.12 bits per heavy atom. The number of halogens is 4. The van der Waals surface area contributed by atoms with Gasteiger partial charge in [0.2, 0.25) is 5.95 Å². The molecule has 1 fully saturated rings. The Labute approximate surface area is 190 Å². The summed E-state index contributed by atoms with van der Waals surface area (Å²) in [5, 5.41) is 8.22. The molecule has 8 nitrogen and oxygen atoms in total. The van der Waals surface area contributed by atoms with Crippen molar-refractivity contribution in [2.45, 2.75) is 44.2 Å². The highest BCUT2D eigenvalue weighted by Gasteiger charge is 2.51. The fourth-order valence-electron chi connectivity index (χ4n) is 4.73. The third kappa shape index (κ3) is 3.08. The van der Waals surface area contributed by atoms with Crippen LogP contribution in [0.25, 0.3) is 23.0 Å². The summed E-state index contributed by atoms with van der Waals surface area (Å²) in [6.45, 7) is 1.95. The van der Waals surface area contributed by atoms with Crippen LogP contribution in [0.4, 0.5) is 23.4 Å². The second-order valence-corrected chi connectivity index (χ2v) is 8.43. The van der Waals surface area contributed by atoms with Crippen LogP contribution in [0.15, 0.2) is 43.1 Å². The number of hydrogen-bond acceptors (Lipinski definition) is 6. The van der Waals surface area contributed by atoms with Crippen molar-refractivity contribution in [3.05, 3.63) is 60.6 Å². The lowest BCUT2D eigenvalue weighted by molar-refractivity contribution is -0.0878. The van der Waals surface area contributed by atoms with Gasteiger partial charge in [-0.25, -0.2) is 27.5 Å². The van der Waals surface area contributed by atoms with Crippen molar-refractivity contribution in [2.75, 3.05) is 4.90 Å². The zero-order valence-corrected chi connectivity index (χ0v) is 17.9. The molecule has 1 unspecified atom stereocenters. The maximum absolute atomic E-state index is 14.5. The average Bonchev–Trinajstić information content (AvgIpc) is 3.46. The monoisotopic (exact) mass is 470 g/mol. The van der Waals surface area contributed by atoms with Crippen molar-refractivity contribution < 1.29 is 17.6 Å². The van der Waals surface area contributed by atoms with Gasteiger partial charge in [-0.2, -0.15) is 4.98 Å². The molecule has 0 spiro atoms. The summed E-state index contributed by atoms with van der Waals surface area (Å²) < 4.78 is 58.8. The minimum atomic E-state index is -2.72.